The molecule has 0 spiro atoms. The number of alkyl carbamates (subject to hydrolysis) is 1. The van der Waals surface area contributed by atoms with Crippen LogP contribution < -0.4 is 5.32 Å². The molecular formula is C6H10N2O2. The van der Waals surface area contributed by atoms with Gasteiger partial charge in [-0.2, -0.15) is 5.26 Å². The fraction of sp³-hybridized carbons (Fsp3) is 0.667. The lowest BCUT2D eigenvalue weighted by atomic mass is 10.4. The van der Waals surface area contributed by atoms with E-state index in [1.165, 1.54) is 0 Å². The average molecular weight is 142 g/mol. The molecule has 56 valence electrons. The quantitative estimate of drug-likeness (QED) is 0.615. The van der Waals surface area contributed by atoms with E-state index < -0.39 is 12.1 Å². The molecule has 0 aliphatic rings. The normalized spacial score (nSPS) is 11.3. The van der Waals surface area contributed by atoms with Crippen molar-refractivity contribution < 1.29 is 9.53 Å². The Morgan fingerprint density at radius 2 is 2.50 bits per heavy atom. The van der Waals surface area contributed by atoms with Crippen molar-refractivity contribution in [1.29, 1.82) is 5.26 Å². The monoisotopic (exact) mass is 142 g/mol. The van der Waals surface area contributed by atoms with Crippen LogP contribution in [-0.2, 0) is 4.74 Å². The summed E-state index contributed by atoms with van der Waals surface area (Å²) in [5, 5.41) is 10.5. The number of nitrogens with one attached hydrogen (secondary N) is 1. The topological polar surface area (TPSA) is 62.1 Å². The molecule has 0 radical (unpaired) electrons. The lowest BCUT2D eigenvalue weighted by molar-refractivity contribution is 0.151. The molecule has 1 atom stereocenters. The average Bonchev–Trinajstić information content (AvgIpc) is 1.88. The van der Waals surface area contributed by atoms with Crippen LogP contribution in [0.2, 0.25) is 0 Å². The van der Waals surface area contributed by atoms with E-state index in [9.17, 15) is 4.79 Å². The van der Waals surface area contributed by atoms with Gasteiger partial charge in [-0.15, -0.1) is 0 Å². The molecule has 0 saturated carbocycles. The van der Waals surface area contributed by atoms with Gasteiger partial charge < -0.3 is 10.1 Å². The predicted molar refractivity (Wildman–Crippen MR) is 35.2 cm³/mol. The van der Waals surface area contributed by atoms with E-state index in [1.54, 1.807) is 13.8 Å². The predicted octanol–water partition coefficient (Wildman–Crippen LogP) is 0.645. The third-order valence-corrected chi connectivity index (χ3v) is 0.803. The largest absolute Gasteiger partial charge is 0.450 e. The zero-order valence-electron chi connectivity index (χ0n) is 6.05. The Morgan fingerprint density at radius 1 is 1.90 bits per heavy atom. The van der Waals surface area contributed by atoms with Crippen LogP contribution in [-0.4, -0.2) is 18.7 Å². The Kier molecular flexibility index (Phi) is 4.05. The van der Waals surface area contributed by atoms with Gasteiger partial charge in [-0.1, -0.05) is 0 Å². The van der Waals surface area contributed by atoms with Gasteiger partial charge in [0, 0.05) is 0 Å². The summed E-state index contributed by atoms with van der Waals surface area (Å²) in [6.07, 6.45) is -0.545. The number of carbonyl (C=O) groups is 1. The molecule has 4 nitrogen and oxygen atoms in total. The van der Waals surface area contributed by atoms with E-state index >= 15 is 0 Å². The molecule has 1 N–H and O–H groups in total. The van der Waals surface area contributed by atoms with Crippen LogP contribution in [0.3, 0.4) is 0 Å². The lowest BCUT2D eigenvalue weighted by Crippen LogP contribution is -2.31. The lowest BCUT2D eigenvalue weighted by Gasteiger charge is -2.04. The van der Waals surface area contributed by atoms with Gasteiger partial charge in [0.1, 0.15) is 6.04 Å². The number of ether oxygens (including phenoxy) is 1. The minimum Gasteiger partial charge on any atom is -0.450 e. The second-order valence-corrected chi connectivity index (χ2v) is 1.72. The highest BCUT2D eigenvalue weighted by Gasteiger charge is 2.03. The fourth-order valence-corrected chi connectivity index (χ4v) is 0.382. The van der Waals surface area contributed by atoms with E-state index in [-0.39, 0.29) is 0 Å². The van der Waals surface area contributed by atoms with Gasteiger partial charge in [0.05, 0.1) is 12.7 Å². The Labute approximate surface area is 59.8 Å². The Hall–Kier alpha value is -1.24. The van der Waals surface area contributed by atoms with Gasteiger partial charge in [-0.25, -0.2) is 4.79 Å². The van der Waals surface area contributed by atoms with Crippen molar-refractivity contribution >= 4 is 6.09 Å². The summed E-state index contributed by atoms with van der Waals surface area (Å²) < 4.78 is 4.51. The van der Waals surface area contributed by atoms with E-state index in [0.717, 1.165) is 0 Å². The van der Waals surface area contributed by atoms with Crippen LogP contribution in [0.15, 0.2) is 0 Å². The maximum Gasteiger partial charge on any atom is 0.408 e. The second-order valence-electron chi connectivity index (χ2n) is 1.72. The van der Waals surface area contributed by atoms with E-state index in [4.69, 9.17) is 5.26 Å². The molecule has 0 aromatic rings. The molecule has 0 aliphatic heterocycles. The summed E-state index contributed by atoms with van der Waals surface area (Å²) in [6, 6.07) is 1.36. The van der Waals surface area contributed by atoms with Crippen molar-refractivity contribution in [2.45, 2.75) is 19.9 Å². The van der Waals surface area contributed by atoms with Crippen LogP contribution in [0, 0.1) is 11.3 Å². The molecule has 0 aromatic carbocycles. The molecule has 0 saturated heterocycles. The number of carbonyl (C=O) groups excluding carboxylic acids is 1. The molecule has 10 heavy (non-hydrogen) atoms. The smallest absolute Gasteiger partial charge is 0.408 e. The first-order valence-electron chi connectivity index (χ1n) is 3.03. The van der Waals surface area contributed by atoms with Crippen molar-refractivity contribution in [2.75, 3.05) is 6.61 Å². The molecule has 0 rings (SSSR count). The number of nitrogens with zero attached hydrogens (tertiary/aromatic N) is 1. The van der Waals surface area contributed by atoms with Crippen molar-refractivity contribution in [3.63, 3.8) is 0 Å². The highest BCUT2D eigenvalue weighted by atomic mass is 16.5. The van der Waals surface area contributed by atoms with Gasteiger partial charge in [-0.05, 0) is 13.8 Å². The van der Waals surface area contributed by atoms with Crippen molar-refractivity contribution in [3.05, 3.63) is 0 Å². The van der Waals surface area contributed by atoms with Crippen LogP contribution in [0.4, 0.5) is 4.79 Å². The molecule has 1 amide bonds. The molecule has 0 heterocycles. The minimum absolute atomic E-state index is 0.323. The van der Waals surface area contributed by atoms with Crippen molar-refractivity contribution in [2.24, 2.45) is 0 Å². The number of hydrogen-bond acceptors (Lipinski definition) is 3. The molecule has 0 aliphatic carbocycles. The third kappa shape index (κ3) is 3.72. The van der Waals surface area contributed by atoms with Gasteiger partial charge in [0.15, 0.2) is 0 Å². The zero-order valence-corrected chi connectivity index (χ0v) is 6.05. The number of nitriles is 1. The van der Waals surface area contributed by atoms with E-state index in [0.29, 0.717) is 6.61 Å². The molecule has 1 unspecified atom stereocenters. The first kappa shape index (κ1) is 8.76. The Bertz CT molecular complexity index is 150. The summed E-state index contributed by atoms with van der Waals surface area (Å²) >= 11 is 0. The number of rotatable bonds is 2. The van der Waals surface area contributed by atoms with Gasteiger partial charge in [0.2, 0.25) is 0 Å². The number of hydrogen-bond donors (Lipinski definition) is 1. The van der Waals surface area contributed by atoms with Crippen molar-refractivity contribution in [1.82, 2.24) is 5.32 Å². The molecule has 4 heteroatoms. The van der Waals surface area contributed by atoms with E-state index in [2.05, 4.69) is 10.1 Å². The Morgan fingerprint density at radius 3 is 2.90 bits per heavy atom. The summed E-state index contributed by atoms with van der Waals surface area (Å²) in [4.78, 5) is 10.5. The fourth-order valence-electron chi connectivity index (χ4n) is 0.382. The molecule has 0 fully saturated rings. The maximum atomic E-state index is 10.5. The maximum absolute atomic E-state index is 10.5. The zero-order chi connectivity index (χ0) is 7.98. The highest BCUT2D eigenvalue weighted by Crippen LogP contribution is 1.80. The van der Waals surface area contributed by atoms with E-state index in [1.807, 2.05) is 6.07 Å². The summed E-state index contributed by atoms with van der Waals surface area (Å²) in [5.41, 5.74) is 0. The van der Waals surface area contributed by atoms with Gasteiger partial charge >= 0.3 is 6.09 Å². The van der Waals surface area contributed by atoms with Crippen LogP contribution >= 0.6 is 0 Å². The van der Waals surface area contributed by atoms with Gasteiger partial charge in [0.25, 0.3) is 0 Å². The van der Waals surface area contributed by atoms with Crippen LogP contribution in [0.1, 0.15) is 13.8 Å². The summed E-state index contributed by atoms with van der Waals surface area (Å²) in [6.45, 7) is 3.61. The van der Waals surface area contributed by atoms with Crippen molar-refractivity contribution in [3.8, 4) is 6.07 Å². The Balaban J connectivity index is 3.49. The highest BCUT2D eigenvalue weighted by molar-refractivity contribution is 5.67. The van der Waals surface area contributed by atoms with Crippen LogP contribution in [0.25, 0.3) is 0 Å². The van der Waals surface area contributed by atoms with Crippen LogP contribution in [0.5, 0.6) is 0 Å². The number of amides is 1. The first-order chi connectivity index (χ1) is 4.70. The molecule has 0 aromatic heterocycles. The molecular weight excluding hydrogens is 132 g/mol. The summed E-state index contributed by atoms with van der Waals surface area (Å²) in [5.74, 6) is 0. The molecule has 0 bridgehead atoms. The standard InChI is InChI=1S/C6H10N2O2/c1-3-10-6(9)8-5(2)4-7/h5H,3H2,1-2H3,(H,8,9). The first-order valence-corrected chi connectivity index (χ1v) is 3.03. The third-order valence-electron chi connectivity index (χ3n) is 0.803. The SMILES string of the molecule is CCOC(=O)NC(C)C#N. The minimum atomic E-state index is -0.545. The summed E-state index contributed by atoms with van der Waals surface area (Å²) in [7, 11) is 0. The second kappa shape index (κ2) is 4.62. The van der Waals surface area contributed by atoms with Gasteiger partial charge in [-0.3, -0.25) is 0 Å².